The SMILES string of the molecule is FC1C=NC(Cl)=CC1. The third kappa shape index (κ3) is 1.30. The van der Waals surface area contributed by atoms with E-state index in [0.717, 1.165) is 0 Å². The molecule has 0 aromatic carbocycles. The van der Waals surface area contributed by atoms with Gasteiger partial charge in [-0.2, -0.15) is 0 Å². The van der Waals surface area contributed by atoms with Crippen molar-refractivity contribution in [2.75, 3.05) is 0 Å². The molecule has 0 aromatic heterocycles. The van der Waals surface area contributed by atoms with Crippen LogP contribution >= 0.6 is 11.6 Å². The number of hydrogen-bond donors (Lipinski definition) is 0. The third-order valence-electron chi connectivity index (χ3n) is 0.871. The molecular weight excluding hydrogens is 129 g/mol. The van der Waals surface area contributed by atoms with E-state index in [1.165, 1.54) is 6.21 Å². The molecule has 0 bridgehead atoms. The lowest BCUT2D eigenvalue weighted by Crippen LogP contribution is -2.02. The van der Waals surface area contributed by atoms with Gasteiger partial charge in [0.25, 0.3) is 0 Å². The van der Waals surface area contributed by atoms with Crippen molar-refractivity contribution >= 4 is 17.8 Å². The predicted molar refractivity (Wildman–Crippen MR) is 31.9 cm³/mol. The van der Waals surface area contributed by atoms with E-state index in [0.29, 0.717) is 11.6 Å². The molecule has 0 fully saturated rings. The molecule has 44 valence electrons. The summed E-state index contributed by atoms with van der Waals surface area (Å²) in [6.45, 7) is 0. The number of allylic oxidation sites excluding steroid dienone is 1. The quantitative estimate of drug-likeness (QED) is 0.448. The molecule has 0 aliphatic carbocycles. The highest BCUT2D eigenvalue weighted by Crippen LogP contribution is 2.11. The Balaban J connectivity index is 2.58. The fourth-order valence-corrected chi connectivity index (χ4v) is 0.621. The average molecular weight is 134 g/mol. The van der Waals surface area contributed by atoms with Gasteiger partial charge in [-0.25, -0.2) is 9.38 Å². The van der Waals surface area contributed by atoms with Crippen molar-refractivity contribution in [1.29, 1.82) is 0 Å². The highest BCUT2D eigenvalue weighted by Gasteiger charge is 2.04. The van der Waals surface area contributed by atoms with Gasteiger partial charge >= 0.3 is 0 Å². The molecule has 1 aliphatic rings. The summed E-state index contributed by atoms with van der Waals surface area (Å²) in [4.78, 5) is 3.54. The van der Waals surface area contributed by atoms with E-state index < -0.39 is 6.17 Å². The predicted octanol–water partition coefficient (Wildman–Crippen LogP) is 1.88. The van der Waals surface area contributed by atoms with Crippen LogP contribution in [-0.4, -0.2) is 12.4 Å². The molecule has 1 heterocycles. The van der Waals surface area contributed by atoms with E-state index in [4.69, 9.17) is 11.6 Å². The average Bonchev–Trinajstić information content (AvgIpc) is 1.77. The first-order valence-corrected chi connectivity index (χ1v) is 2.71. The lowest BCUT2D eigenvalue weighted by Gasteiger charge is -2.01. The van der Waals surface area contributed by atoms with Crippen LogP contribution in [0.3, 0.4) is 0 Å². The van der Waals surface area contributed by atoms with Crippen molar-refractivity contribution in [2.24, 2.45) is 4.99 Å². The van der Waals surface area contributed by atoms with E-state index in [9.17, 15) is 4.39 Å². The van der Waals surface area contributed by atoms with E-state index in [1.54, 1.807) is 6.08 Å². The zero-order chi connectivity index (χ0) is 5.98. The van der Waals surface area contributed by atoms with Crippen LogP contribution in [0, 0.1) is 0 Å². The second-order valence-corrected chi connectivity index (χ2v) is 1.94. The molecular formula is C5H5ClFN. The summed E-state index contributed by atoms with van der Waals surface area (Å²) >= 11 is 5.38. The largest absolute Gasteiger partial charge is 0.246 e. The molecule has 1 unspecified atom stereocenters. The van der Waals surface area contributed by atoms with Gasteiger partial charge in [0.05, 0.1) is 0 Å². The van der Waals surface area contributed by atoms with Crippen LogP contribution in [0.25, 0.3) is 0 Å². The fraction of sp³-hybridized carbons (Fsp3) is 0.400. The molecule has 0 radical (unpaired) electrons. The summed E-state index contributed by atoms with van der Waals surface area (Å²) in [7, 11) is 0. The van der Waals surface area contributed by atoms with Crippen LogP contribution in [0.15, 0.2) is 16.2 Å². The van der Waals surface area contributed by atoms with Gasteiger partial charge in [0.15, 0.2) is 0 Å². The Hall–Kier alpha value is -0.370. The van der Waals surface area contributed by atoms with Gasteiger partial charge in [0.2, 0.25) is 0 Å². The topological polar surface area (TPSA) is 12.4 Å². The lowest BCUT2D eigenvalue weighted by molar-refractivity contribution is 0.431. The van der Waals surface area contributed by atoms with Crippen LogP contribution < -0.4 is 0 Å². The van der Waals surface area contributed by atoms with E-state index >= 15 is 0 Å². The Labute approximate surface area is 51.9 Å². The summed E-state index contributed by atoms with van der Waals surface area (Å²) in [6.07, 6.45) is 2.20. The van der Waals surface area contributed by atoms with E-state index in [-0.39, 0.29) is 0 Å². The molecule has 0 amide bonds. The van der Waals surface area contributed by atoms with Crippen LogP contribution in [0.2, 0.25) is 0 Å². The van der Waals surface area contributed by atoms with Crippen molar-refractivity contribution in [3.63, 3.8) is 0 Å². The zero-order valence-corrected chi connectivity index (χ0v) is 4.90. The number of halogens is 2. The normalized spacial score (nSPS) is 27.8. The summed E-state index contributed by atoms with van der Waals surface area (Å²) in [5, 5.41) is 0.388. The standard InChI is InChI=1S/C5H5ClFN/c6-5-2-1-4(7)3-8-5/h2-4H,1H2. The molecule has 1 nitrogen and oxygen atoms in total. The van der Waals surface area contributed by atoms with E-state index in [2.05, 4.69) is 4.99 Å². The Morgan fingerprint density at radius 1 is 1.88 bits per heavy atom. The summed E-state index contributed by atoms with van der Waals surface area (Å²) in [5.41, 5.74) is 0. The maximum Gasteiger partial charge on any atom is 0.139 e. The number of nitrogens with zero attached hydrogens (tertiary/aromatic N) is 1. The molecule has 1 rings (SSSR count). The van der Waals surface area contributed by atoms with Crippen molar-refractivity contribution in [3.05, 3.63) is 11.2 Å². The Morgan fingerprint density at radius 3 is 3.00 bits per heavy atom. The van der Waals surface area contributed by atoms with Crippen molar-refractivity contribution in [3.8, 4) is 0 Å². The highest BCUT2D eigenvalue weighted by molar-refractivity contribution is 6.29. The first-order valence-electron chi connectivity index (χ1n) is 2.33. The smallest absolute Gasteiger partial charge is 0.139 e. The van der Waals surface area contributed by atoms with Crippen LogP contribution in [0.4, 0.5) is 4.39 Å². The molecule has 0 spiro atoms. The zero-order valence-electron chi connectivity index (χ0n) is 4.14. The van der Waals surface area contributed by atoms with Crippen LogP contribution in [-0.2, 0) is 0 Å². The van der Waals surface area contributed by atoms with Crippen molar-refractivity contribution < 1.29 is 4.39 Å². The van der Waals surface area contributed by atoms with E-state index in [1.807, 2.05) is 0 Å². The van der Waals surface area contributed by atoms with Crippen molar-refractivity contribution in [1.82, 2.24) is 0 Å². The van der Waals surface area contributed by atoms with Gasteiger partial charge in [0, 0.05) is 12.6 Å². The van der Waals surface area contributed by atoms with Crippen LogP contribution in [0.1, 0.15) is 6.42 Å². The third-order valence-corrected chi connectivity index (χ3v) is 1.12. The minimum atomic E-state index is -0.933. The number of hydrogen-bond acceptors (Lipinski definition) is 1. The second-order valence-electron chi connectivity index (χ2n) is 1.56. The monoisotopic (exact) mass is 133 g/mol. The number of aliphatic imine (C=N–C) groups is 1. The Bertz CT molecular complexity index is 141. The first-order chi connectivity index (χ1) is 3.79. The molecule has 8 heavy (non-hydrogen) atoms. The molecule has 1 aliphatic heterocycles. The van der Waals surface area contributed by atoms with Crippen molar-refractivity contribution in [2.45, 2.75) is 12.6 Å². The fourth-order valence-electron chi connectivity index (χ4n) is 0.475. The number of alkyl halides is 1. The van der Waals surface area contributed by atoms with Gasteiger partial charge in [-0.05, 0) is 6.08 Å². The Morgan fingerprint density at radius 2 is 2.62 bits per heavy atom. The summed E-state index contributed by atoms with van der Waals surface area (Å²) in [6, 6.07) is 0. The molecule has 1 atom stereocenters. The van der Waals surface area contributed by atoms with Crippen LogP contribution in [0.5, 0.6) is 0 Å². The highest BCUT2D eigenvalue weighted by atomic mass is 35.5. The maximum atomic E-state index is 12.1. The molecule has 0 aromatic rings. The first kappa shape index (κ1) is 5.76. The molecule has 0 N–H and O–H groups in total. The van der Waals surface area contributed by atoms with Gasteiger partial charge < -0.3 is 0 Å². The molecule has 0 saturated carbocycles. The minimum Gasteiger partial charge on any atom is -0.246 e. The molecule has 3 heteroatoms. The lowest BCUT2D eigenvalue weighted by atomic mass is 10.2. The minimum absolute atomic E-state index is 0.363. The summed E-state index contributed by atoms with van der Waals surface area (Å²) < 4.78 is 12.1. The van der Waals surface area contributed by atoms with Gasteiger partial charge in [0.1, 0.15) is 11.3 Å². The van der Waals surface area contributed by atoms with Gasteiger partial charge in [-0.3, -0.25) is 0 Å². The number of rotatable bonds is 0. The second kappa shape index (κ2) is 2.27. The molecule has 0 saturated heterocycles. The Kier molecular flexibility index (Phi) is 1.63. The summed E-state index contributed by atoms with van der Waals surface area (Å²) in [5.74, 6) is 0. The van der Waals surface area contributed by atoms with Gasteiger partial charge in [-0.15, -0.1) is 0 Å². The maximum absolute atomic E-state index is 12.1. The van der Waals surface area contributed by atoms with Gasteiger partial charge in [-0.1, -0.05) is 11.6 Å².